The van der Waals surface area contributed by atoms with Gasteiger partial charge in [0.15, 0.2) is 0 Å². The van der Waals surface area contributed by atoms with Crippen molar-refractivity contribution in [2.45, 2.75) is 60.3 Å². The average Bonchev–Trinajstić information content (AvgIpc) is 2.53. The predicted molar refractivity (Wildman–Crippen MR) is 109 cm³/mol. The maximum Gasteiger partial charge on any atom is 0.149 e. The summed E-state index contributed by atoms with van der Waals surface area (Å²) in [6, 6.07) is 1.86. The van der Waals surface area contributed by atoms with Gasteiger partial charge >= 0.3 is 0 Å². The van der Waals surface area contributed by atoms with Gasteiger partial charge in [-0.15, -0.1) is 0 Å². The van der Waals surface area contributed by atoms with Crippen molar-refractivity contribution in [3.05, 3.63) is 39.1 Å². The molecule has 0 aliphatic heterocycles. The molecule has 1 aromatic rings. The monoisotopic (exact) mass is 437 g/mol. The molecule has 2 rings (SSSR count). The van der Waals surface area contributed by atoms with Crippen LogP contribution in [0.15, 0.2) is 22.4 Å². The van der Waals surface area contributed by atoms with Crippen LogP contribution in [-0.2, 0) is 10.2 Å². The summed E-state index contributed by atoms with van der Waals surface area (Å²) in [5.74, 6) is -2.64. The molecule has 0 fully saturated rings. The third-order valence-electron chi connectivity index (χ3n) is 5.01. The highest BCUT2D eigenvalue weighted by atomic mass is 79.9. The molecule has 5 heteroatoms. The fourth-order valence-corrected chi connectivity index (χ4v) is 4.70. The van der Waals surface area contributed by atoms with E-state index in [0.717, 1.165) is 27.6 Å². The van der Waals surface area contributed by atoms with E-state index in [1.807, 2.05) is 13.0 Å². The third-order valence-corrected chi connectivity index (χ3v) is 5.77. The van der Waals surface area contributed by atoms with Gasteiger partial charge in [0, 0.05) is 5.56 Å². The summed E-state index contributed by atoms with van der Waals surface area (Å²) < 4.78 is 20.8. The number of allylic oxidation sites excluding steroid dienone is 3. The van der Waals surface area contributed by atoms with E-state index in [1.165, 1.54) is 6.92 Å². The SMILES string of the molecule is CCOc1c(/C(C)=C(/F)C(=O)[O-])cc2c(c1Br)C(C)(C)CC=C2C(C)(C)C. The number of benzene rings is 1. The van der Waals surface area contributed by atoms with Gasteiger partial charge in [0.1, 0.15) is 17.5 Å². The Balaban J connectivity index is 2.94. The highest BCUT2D eigenvalue weighted by molar-refractivity contribution is 9.10. The normalized spacial score (nSPS) is 17.0. The number of ether oxygens (including phenoxy) is 1. The molecule has 0 amide bonds. The lowest BCUT2D eigenvalue weighted by Gasteiger charge is -2.38. The lowest BCUT2D eigenvalue weighted by molar-refractivity contribution is -0.301. The van der Waals surface area contributed by atoms with Crippen molar-refractivity contribution >= 4 is 33.0 Å². The molecule has 0 radical (unpaired) electrons. The highest BCUT2D eigenvalue weighted by Crippen LogP contribution is 2.52. The molecule has 0 saturated carbocycles. The number of carboxylic acids is 1. The summed E-state index contributed by atoms with van der Waals surface area (Å²) in [7, 11) is 0. The molecule has 0 atom stereocenters. The van der Waals surface area contributed by atoms with Crippen LogP contribution < -0.4 is 9.84 Å². The zero-order chi connectivity index (χ0) is 20.7. The molecule has 0 aromatic heterocycles. The lowest BCUT2D eigenvalue weighted by Crippen LogP contribution is -2.26. The largest absolute Gasteiger partial charge is 0.542 e. The van der Waals surface area contributed by atoms with Crippen molar-refractivity contribution in [1.82, 2.24) is 0 Å². The van der Waals surface area contributed by atoms with Crippen LogP contribution in [0, 0.1) is 5.41 Å². The number of hydrogen-bond donors (Lipinski definition) is 0. The maximum atomic E-state index is 14.2. The van der Waals surface area contributed by atoms with E-state index >= 15 is 0 Å². The predicted octanol–water partition coefficient (Wildman–Crippen LogP) is 5.41. The third kappa shape index (κ3) is 3.98. The van der Waals surface area contributed by atoms with E-state index in [4.69, 9.17) is 4.74 Å². The van der Waals surface area contributed by atoms with Gasteiger partial charge in [0.25, 0.3) is 0 Å². The first kappa shape index (κ1) is 21.7. The summed E-state index contributed by atoms with van der Waals surface area (Å²) in [6.45, 7) is 14.4. The Morgan fingerprint density at radius 1 is 1.37 bits per heavy atom. The van der Waals surface area contributed by atoms with Gasteiger partial charge in [-0.3, -0.25) is 0 Å². The van der Waals surface area contributed by atoms with Gasteiger partial charge < -0.3 is 14.6 Å². The standard InChI is InChI=1S/C22H28BrFO3/c1-8-27-19-13(12(2)18(24)20(25)26)11-14-15(21(3,4)5)9-10-22(6,7)16(14)17(19)23/h9,11H,8,10H2,1-7H3,(H,25,26)/p-1/b18-12+. The minimum Gasteiger partial charge on any atom is -0.542 e. The van der Waals surface area contributed by atoms with Crippen molar-refractivity contribution in [1.29, 1.82) is 0 Å². The van der Waals surface area contributed by atoms with E-state index < -0.39 is 11.8 Å². The zero-order valence-corrected chi connectivity index (χ0v) is 18.6. The number of carbonyl (C=O) groups excluding carboxylic acids is 1. The molecule has 3 nitrogen and oxygen atoms in total. The van der Waals surface area contributed by atoms with Crippen LogP contribution in [0.25, 0.3) is 11.1 Å². The number of aliphatic carboxylic acids is 1. The lowest BCUT2D eigenvalue weighted by atomic mass is 9.67. The Morgan fingerprint density at radius 3 is 2.44 bits per heavy atom. The van der Waals surface area contributed by atoms with E-state index in [2.05, 4.69) is 56.6 Å². The first-order chi connectivity index (χ1) is 12.3. The fraction of sp³-hybridized carbons (Fsp3) is 0.500. The van der Waals surface area contributed by atoms with Crippen molar-refractivity contribution in [2.75, 3.05) is 6.61 Å². The van der Waals surface area contributed by atoms with Crippen LogP contribution in [-0.4, -0.2) is 12.6 Å². The molecule has 27 heavy (non-hydrogen) atoms. The summed E-state index contributed by atoms with van der Waals surface area (Å²) in [4.78, 5) is 11.1. The first-order valence-electron chi connectivity index (χ1n) is 9.11. The topological polar surface area (TPSA) is 49.4 Å². The second-order valence-corrected chi connectivity index (χ2v) is 9.40. The second-order valence-electron chi connectivity index (χ2n) is 8.61. The van der Waals surface area contributed by atoms with Crippen LogP contribution in [0.5, 0.6) is 5.75 Å². The van der Waals surface area contributed by atoms with Gasteiger partial charge in [0.05, 0.1) is 11.1 Å². The van der Waals surface area contributed by atoms with Gasteiger partial charge in [-0.25, -0.2) is 4.39 Å². The smallest absolute Gasteiger partial charge is 0.149 e. The van der Waals surface area contributed by atoms with Crippen LogP contribution in [0.1, 0.15) is 71.6 Å². The summed E-state index contributed by atoms with van der Waals surface area (Å²) in [5.41, 5.74) is 3.43. The molecule has 1 aliphatic rings. The molecular formula is C22H27BrFO3-. The van der Waals surface area contributed by atoms with Crippen molar-refractivity contribution in [3.8, 4) is 5.75 Å². The number of carbonyl (C=O) groups is 1. The quantitative estimate of drug-likeness (QED) is 0.591. The van der Waals surface area contributed by atoms with Gasteiger partial charge in [-0.05, 0) is 75.4 Å². The van der Waals surface area contributed by atoms with Gasteiger partial charge in [0.2, 0.25) is 0 Å². The first-order valence-corrected chi connectivity index (χ1v) is 9.91. The Morgan fingerprint density at radius 2 is 1.96 bits per heavy atom. The number of hydrogen-bond acceptors (Lipinski definition) is 3. The molecular weight excluding hydrogens is 411 g/mol. The minimum atomic E-state index is -1.82. The Bertz CT molecular complexity index is 842. The number of carboxylic acid groups (broad SMARTS) is 1. The van der Waals surface area contributed by atoms with Crippen LogP contribution in [0.4, 0.5) is 4.39 Å². The van der Waals surface area contributed by atoms with Gasteiger partial charge in [-0.2, -0.15) is 0 Å². The molecule has 0 bridgehead atoms. The molecule has 1 aromatic carbocycles. The number of rotatable bonds is 4. The molecule has 0 saturated heterocycles. The van der Waals surface area contributed by atoms with Crippen LogP contribution >= 0.6 is 15.9 Å². The van der Waals surface area contributed by atoms with Gasteiger partial charge in [-0.1, -0.05) is 40.7 Å². The zero-order valence-electron chi connectivity index (χ0n) is 17.0. The summed E-state index contributed by atoms with van der Waals surface area (Å²) in [6.07, 6.45) is 3.10. The van der Waals surface area contributed by atoms with Crippen molar-refractivity contribution in [3.63, 3.8) is 0 Å². The Kier molecular flexibility index (Phi) is 5.96. The van der Waals surface area contributed by atoms with E-state index in [1.54, 1.807) is 0 Å². The van der Waals surface area contributed by atoms with Crippen molar-refractivity contribution in [2.24, 2.45) is 5.41 Å². The summed E-state index contributed by atoms with van der Waals surface area (Å²) in [5, 5.41) is 11.1. The second kappa shape index (κ2) is 7.42. The molecule has 0 spiro atoms. The molecule has 0 unspecified atom stereocenters. The maximum absolute atomic E-state index is 14.2. The molecule has 1 aliphatic carbocycles. The molecule has 0 heterocycles. The average molecular weight is 438 g/mol. The summed E-state index contributed by atoms with van der Waals surface area (Å²) >= 11 is 3.68. The van der Waals surface area contributed by atoms with E-state index in [9.17, 15) is 14.3 Å². The molecule has 148 valence electrons. The minimum absolute atomic E-state index is 0.00131. The Hall–Kier alpha value is -1.62. The van der Waals surface area contributed by atoms with E-state index in [0.29, 0.717) is 17.9 Å². The molecule has 0 N–H and O–H groups in total. The fourth-order valence-electron chi connectivity index (χ4n) is 3.62. The highest BCUT2D eigenvalue weighted by Gasteiger charge is 2.36. The van der Waals surface area contributed by atoms with Crippen LogP contribution in [0.2, 0.25) is 0 Å². The number of halogens is 2. The van der Waals surface area contributed by atoms with Crippen molar-refractivity contribution < 1.29 is 19.0 Å². The Labute approximate surface area is 169 Å². The van der Waals surface area contributed by atoms with E-state index in [-0.39, 0.29) is 16.4 Å². The number of fused-ring (bicyclic) bond motifs is 1. The van der Waals surface area contributed by atoms with Crippen LogP contribution in [0.3, 0.4) is 0 Å².